The molecule has 2 heteroatoms. The largest absolute Gasteiger partial charge is 0.124 e. The second kappa shape index (κ2) is 15.6. The molecule has 0 bridgehead atoms. The van der Waals surface area contributed by atoms with Gasteiger partial charge in [-0.3, -0.25) is 0 Å². The van der Waals surface area contributed by atoms with Gasteiger partial charge in [0.25, 0.3) is 0 Å². The molecule has 0 N–H and O–H groups in total. The topological polar surface area (TPSA) is 0 Å². The minimum absolute atomic E-state index is 0. The highest BCUT2D eigenvalue weighted by Gasteiger charge is 1.46. The third-order valence-electron chi connectivity index (χ3n) is 0.333. The van der Waals surface area contributed by atoms with E-state index in [-0.39, 0.29) is 4.28 Å². The van der Waals surface area contributed by atoms with Crippen LogP contribution in [-0.4, -0.2) is 32.6 Å². The summed E-state index contributed by atoms with van der Waals surface area (Å²) < 4.78 is 0. The molecule has 0 nitrogen and oxygen atoms in total. The Bertz CT molecular complexity index is 51.8. The van der Waals surface area contributed by atoms with E-state index in [2.05, 4.69) is 45.7 Å². The SMILES string of the molecule is C=C[CH2][Al].C=C[CH2][Al].[HH].[HH].[HH]. The van der Waals surface area contributed by atoms with Crippen molar-refractivity contribution < 1.29 is 4.28 Å². The highest BCUT2D eigenvalue weighted by atomic mass is 27.0. The summed E-state index contributed by atoms with van der Waals surface area (Å²) in [4.78, 5) is 0. The standard InChI is InChI=1S/2C3H5.2Al.3H2/c2*1-3-2;;;;;/h2*3H,1-2H2;;;3*1H. The Kier molecular flexibility index (Phi) is 22.2. The zero-order chi connectivity index (χ0) is 6.83. The van der Waals surface area contributed by atoms with E-state index < -0.39 is 0 Å². The Balaban J connectivity index is -0.0000000171. The molecule has 0 saturated heterocycles. The molecule has 0 heterocycles. The monoisotopic (exact) mass is 142 g/mol. The summed E-state index contributed by atoms with van der Waals surface area (Å²) in [6.45, 7) is 6.92. The van der Waals surface area contributed by atoms with E-state index in [1.165, 1.54) is 0 Å². The highest BCUT2D eigenvalue weighted by molar-refractivity contribution is 6.09. The second-order valence-electron chi connectivity index (χ2n) is 1.05. The Labute approximate surface area is 73.0 Å². The van der Waals surface area contributed by atoms with E-state index in [0.717, 1.165) is 10.6 Å². The number of hydrogen-bond acceptors (Lipinski definition) is 0. The molecule has 0 aromatic heterocycles. The van der Waals surface area contributed by atoms with Crippen molar-refractivity contribution >= 4 is 32.6 Å². The van der Waals surface area contributed by atoms with Crippen LogP contribution in [0.15, 0.2) is 25.3 Å². The fourth-order valence-corrected chi connectivity index (χ4v) is 0. The third kappa shape index (κ3) is 31.1. The number of rotatable bonds is 2. The minimum atomic E-state index is 0. The molecule has 0 aromatic carbocycles. The van der Waals surface area contributed by atoms with Gasteiger partial charge in [0, 0.05) is 4.28 Å². The van der Waals surface area contributed by atoms with Crippen molar-refractivity contribution in [2.24, 2.45) is 0 Å². The average Bonchev–Trinajstić information content (AvgIpc) is 1.88. The van der Waals surface area contributed by atoms with Crippen LogP contribution in [0.25, 0.3) is 0 Å². The Morgan fingerprint density at radius 2 is 1.25 bits per heavy atom. The van der Waals surface area contributed by atoms with Crippen LogP contribution in [-0.2, 0) is 0 Å². The third-order valence-corrected chi connectivity index (χ3v) is 1.00. The summed E-state index contributed by atoms with van der Waals surface area (Å²) in [5.74, 6) is 0. The molecule has 4 radical (unpaired) electrons. The van der Waals surface area contributed by atoms with Crippen molar-refractivity contribution in [2.45, 2.75) is 10.6 Å². The summed E-state index contributed by atoms with van der Waals surface area (Å²) in [5, 5.41) is 2.00. The van der Waals surface area contributed by atoms with E-state index >= 15 is 0 Å². The van der Waals surface area contributed by atoms with Crippen molar-refractivity contribution in [2.75, 3.05) is 0 Å². The molecule has 8 heavy (non-hydrogen) atoms. The van der Waals surface area contributed by atoms with Crippen molar-refractivity contribution in [3.8, 4) is 0 Å². The van der Waals surface area contributed by atoms with Crippen LogP contribution in [0.2, 0.25) is 10.6 Å². The molecular formula is C6H16Al2. The van der Waals surface area contributed by atoms with Gasteiger partial charge < -0.3 is 0 Å². The van der Waals surface area contributed by atoms with Gasteiger partial charge in [0.1, 0.15) is 32.6 Å². The molecule has 0 amide bonds. The average molecular weight is 142 g/mol. The molecule has 0 atom stereocenters. The molecule has 0 saturated carbocycles. The summed E-state index contributed by atoms with van der Waals surface area (Å²) in [6, 6.07) is 0. The first-order valence-electron chi connectivity index (χ1n) is 2.45. The first kappa shape index (κ1) is 11.4. The van der Waals surface area contributed by atoms with E-state index in [1.807, 2.05) is 12.2 Å². The van der Waals surface area contributed by atoms with Crippen LogP contribution >= 0.6 is 0 Å². The van der Waals surface area contributed by atoms with Crippen LogP contribution in [0.4, 0.5) is 0 Å². The Morgan fingerprint density at radius 1 is 1.12 bits per heavy atom. The van der Waals surface area contributed by atoms with Crippen molar-refractivity contribution in [3.05, 3.63) is 25.3 Å². The predicted octanol–water partition coefficient (Wildman–Crippen LogP) is 2.26. The van der Waals surface area contributed by atoms with Crippen LogP contribution in [0.3, 0.4) is 0 Å². The second-order valence-corrected chi connectivity index (χ2v) is 1.99. The molecule has 0 aliphatic carbocycles. The van der Waals surface area contributed by atoms with Gasteiger partial charge in [0.05, 0.1) is 0 Å². The summed E-state index contributed by atoms with van der Waals surface area (Å²) in [5.41, 5.74) is 0. The Morgan fingerprint density at radius 3 is 1.25 bits per heavy atom. The van der Waals surface area contributed by atoms with Gasteiger partial charge in [-0.05, 0) is 0 Å². The number of allylic oxidation sites excluding steroid dienone is 2. The maximum absolute atomic E-state index is 3.46. The van der Waals surface area contributed by atoms with Crippen LogP contribution in [0.5, 0.6) is 0 Å². The normalized spacial score (nSPS) is 6.00. The van der Waals surface area contributed by atoms with Crippen LogP contribution in [0, 0.1) is 0 Å². The smallest absolute Gasteiger partial charge is 0.107 e. The Hall–Kier alpha value is 0.545. The first-order chi connectivity index (χ1) is 3.83. The summed E-state index contributed by atoms with van der Waals surface area (Å²) in [7, 11) is 0. The van der Waals surface area contributed by atoms with Gasteiger partial charge >= 0.3 is 0 Å². The van der Waals surface area contributed by atoms with Gasteiger partial charge in [0.2, 0.25) is 0 Å². The molecule has 0 fully saturated rings. The zero-order valence-corrected chi connectivity index (χ0v) is 7.45. The predicted molar refractivity (Wildman–Crippen MR) is 47.9 cm³/mol. The molecule has 0 aliphatic rings. The van der Waals surface area contributed by atoms with Crippen LogP contribution in [0.1, 0.15) is 4.28 Å². The van der Waals surface area contributed by atoms with Crippen LogP contribution < -0.4 is 0 Å². The van der Waals surface area contributed by atoms with Gasteiger partial charge in [-0.25, -0.2) is 0 Å². The fourth-order valence-electron chi connectivity index (χ4n) is 0. The van der Waals surface area contributed by atoms with Gasteiger partial charge in [0.15, 0.2) is 0 Å². The molecule has 46 valence electrons. The van der Waals surface area contributed by atoms with Gasteiger partial charge in [-0.2, -0.15) is 0 Å². The fraction of sp³-hybridized carbons (Fsp3) is 0.333. The zero-order valence-electron chi connectivity index (χ0n) is 5.14. The number of hydrogen-bond donors (Lipinski definition) is 0. The lowest BCUT2D eigenvalue weighted by Gasteiger charge is -1.58. The van der Waals surface area contributed by atoms with Crippen molar-refractivity contribution in [1.29, 1.82) is 0 Å². The maximum atomic E-state index is 3.46. The molecule has 0 spiro atoms. The lowest BCUT2D eigenvalue weighted by Crippen LogP contribution is -1.47. The lowest BCUT2D eigenvalue weighted by atomic mass is 10.8. The van der Waals surface area contributed by atoms with Gasteiger partial charge in [-0.15, -0.1) is 35.9 Å². The highest BCUT2D eigenvalue weighted by Crippen LogP contribution is 1.62. The molecule has 0 aliphatic heterocycles. The van der Waals surface area contributed by atoms with Crippen molar-refractivity contribution in [3.63, 3.8) is 0 Å². The molecule has 0 unspecified atom stereocenters. The molecule has 0 aromatic rings. The first-order valence-corrected chi connectivity index (χ1v) is 4.08. The van der Waals surface area contributed by atoms with Crippen molar-refractivity contribution in [1.82, 2.24) is 0 Å². The minimum Gasteiger partial charge on any atom is -0.107 e. The van der Waals surface area contributed by atoms with E-state index in [1.54, 1.807) is 0 Å². The summed E-state index contributed by atoms with van der Waals surface area (Å²) >= 11 is 5.07. The van der Waals surface area contributed by atoms with Gasteiger partial charge in [-0.1, -0.05) is 0 Å². The summed E-state index contributed by atoms with van der Waals surface area (Å²) in [6.07, 6.45) is 3.68. The quantitative estimate of drug-likeness (QED) is 0.409. The maximum Gasteiger partial charge on any atom is 0.124 e. The van der Waals surface area contributed by atoms with E-state index in [4.69, 9.17) is 0 Å². The lowest BCUT2D eigenvalue weighted by molar-refractivity contribution is 1.76. The van der Waals surface area contributed by atoms with E-state index in [0.29, 0.717) is 0 Å². The molecular weight excluding hydrogens is 126 g/mol. The molecule has 0 rings (SSSR count). The van der Waals surface area contributed by atoms with E-state index in [9.17, 15) is 0 Å².